The largest absolute Gasteiger partial charge is 0.336 e. The molecule has 2 atom stereocenters. The Morgan fingerprint density at radius 2 is 1.82 bits per heavy atom. The van der Waals surface area contributed by atoms with Gasteiger partial charge in [-0.05, 0) is 17.7 Å². The highest BCUT2D eigenvalue weighted by Crippen LogP contribution is 2.28. The monoisotopic (exact) mass is 342 g/mol. The van der Waals surface area contributed by atoms with E-state index in [1.807, 2.05) is 24.3 Å². The van der Waals surface area contributed by atoms with Gasteiger partial charge in [-0.1, -0.05) is 23.7 Å². The predicted octanol–water partition coefficient (Wildman–Crippen LogP) is 1.17. The number of sulfone groups is 1. The van der Waals surface area contributed by atoms with Crippen molar-refractivity contribution in [1.82, 2.24) is 9.80 Å². The van der Waals surface area contributed by atoms with Gasteiger partial charge in [-0.3, -0.25) is 9.69 Å². The van der Waals surface area contributed by atoms with Gasteiger partial charge < -0.3 is 4.90 Å². The highest BCUT2D eigenvalue weighted by Gasteiger charge is 2.47. The molecule has 0 unspecified atom stereocenters. The number of nitrogens with zero attached hydrogens (tertiary/aromatic N) is 2. The van der Waals surface area contributed by atoms with Crippen molar-refractivity contribution in [2.45, 2.75) is 25.6 Å². The quantitative estimate of drug-likeness (QED) is 0.809. The van der Waals surface area contributed by atoms with E-state index in [4.69, 9.17) is 11.6 Å². The Hall–Kier alpha value is -1.11. The van der Waals surface area contributed by atoms with Crippen LogP contribution >= 0.6 is 11.6 Å². The van der Waals surface area contributed by atoms with Crippen LogP contribution in [0, 0.1) is 0 Å². The van der Waals surface area contributed by atoms with Crippen molar-refractivity contribution in [1.29, 1.82) is 0 Å². The van der Waals surface area contributed by atoms with Crippen LogP contribution in [-0.2, 0) is 21.2 Å². The van der Waals surface area contributed by atoms with E-state index in [1.54, 1.807) is 4.90 Å². The molecule has 0 spiro atoms. The second-order valence-corrected chi connectivity index (χ2v) is 8.61. The molecule has 0 saturated carbocycles. The summed E-state index contributed by atoms with van der Waals surface area (Å²) in [7, 11) is -3.08. The molecule has 7 heteroatoms. The Bertz CT molecular complexity index is 675. The number of carbonyl (C=O) groups is 1. The summed E-state index contributed by atoms with van der Waals surface area (Å²) in [4.78, 5) is 15.6. The van der Waals surface area contributed by atoms with Gasteiger partial charge in [0.25, 0.3) is 0 Å². The Labute approximate surface area is 135 Å². The number of carbonyl (C=O) groups excluding carboxylic acids is 1. The Morgan fingerprint density at radius 3 is 2.45 bits per heavy atom. The number of hydrogen-bond acceptors (Lipinski definition) is 4. The van der Waals surface area contributed by atoms with Crippen LogP contribution in [0.5, 0.6) is 0 Å². The predicted molar refractivity (Wildman–Crippen MR) is 85.5 cm³/mol. The van der Waals surface area contributed by atoms with Gasteiger partial charge in [0.1, 0.15) is 0 Å². The third-order valence-electron chi connectivity index (χ3n) is 4.49. The Balaban J connectivity index is 1.81. The molecule has 0 bridgehead atoms. The van der Waals surface area contributed by atoms with E-state index in [2.05, 4.69) is 4.90 Å². The van der Waals surface area contributed by atoms with Crippen molar-refractivity contribution in [2.24, 2.45) is 0 Å². The maximum absolute atomic E-state index is 12.0. The first kappa shape index (κ1) is 15.8. The summed E-state index contributed by atoms with van der Waals surface area (Å²) in [5, 5.41) is 0.687. The average molecular weight is 343 g/mol. The number of rotatable bonds is 2. The van der Waals surface area contributed by atoms with E-state index >= 15 is 0 Å². The van der Waals surface area contributed by atoms with Gasteiger partial charge in [0.15, 0.2) is 9.84 Å². The van der Waals surface area contributed by atoms with Gasteiger partial charge in [-0.2, -0.15) is 0 Å². The summed E-state index contributed by atoms with van der Waals surface area (Å²) in [6, 6.07) is 7.26. The van der Waals surface area contributed by atoms with Crippen LogP contribution in [0.3, 0.4) is 0 Å². The summed E-state index contributed by atoms with van der Waals surface area (Å²) < 4.78 is 24.1. The van der Waals surface area contributed by atoms with Crippen LogP contribution in [0.1, 0.15) is 12.5 Å². The van der Waals surface area contributed by atoms with E-state index in [0.717, 1.165) is 5.56 Å². The fourth-order valence-corrected chi connectivity index (χ4v) is 5.57. The van der Waals surface area contributed by atoms with E-state index in [0.29, 0.717) is 24.7 Å². The SMILES string of the molecule is CC(=O)N1CCN(Cc2ccc(Cl)cc2)[C@@H]2CS(=O)(=O)C[C@@H]21. The summed E-state index contributed by atoms with van der Waals surface area (Å²) in [5.74, 6) is 0.168. The molecule has 1 aromatic carbocycles. The summed E-state index contributed by atoms with van der Waals surface area (Å²) in [6.45, 7) is 3.47. The van der Waals surface area contributed by atoms with Crippen molar-refractivity contribution in [3.63, 3.8) is 0 Å². The maximum Gasteiger partial charge on any atom is 0.219 e. The molecule has 2 fully saturated rings. The van der Waals surface area contributed by atoms with E-state index in [-0.39, 0.29) is 29.5 Å². The summed E-state index contributed by atoms with van der Waals surface area (Å²) in [6.07, 6.45) is 0. The van der Waals surface area contributed by atoms with Crippen LogP contribution in [0.4, 0.5) is 0 Å². The fourth-order valence-electron chi connectivity index (χ4n) is 3.44. The zero-order chi connectivity index (χ0) is 15.9. The maximum atomic E-state index is 12.0. The molecule has 2 aliphatic heterocycles. The molecule has 3 rings (SSSR count). The molecule has 1 aromatic rings. The van der Waals surface area contributed by atoms with Crippen molar-refractivity contribution in [3.8, 4) is 0 Å². The molecule has 22 heavy (non-hydrogen) atoms. The number of amides is 1. The highest BCUT2D eigenvalue weighted by atomic mass is 35.5. The van der Waals surface area contributed by atoms with Crippen LogP contribution in [0.25, 0.3) is 0 Å². The number of halogens is 1. The van der Waals surface area contributed by atoms with Gasteiger partial charge >= 0.3 is 0 Å². The molecule has 2 saturated heterocycles. The fraction of sp³-hybridized carbons (Fsp3) is 0.533. The van der Waals surface area contributed by atoms with Crippen LogP contribution < -0.4 is 0 Å². The minimum absolute atomic E-state index is 0.0433. The van der Waals surface area contributed by atoms with Gasteiger partial charge in [0, 0.05) is 37.6 Å². The van der Waals surface area contributed by atoms with Crippen molar-refractivity contribution >= 4 is 27.3 Å². The van der Waals surface area contributed by atoms with Crippen molar-refractivity contribution < 1.29 is 13.2 Å². The first-order chi connectivity index (χ1) is 10.4. The van der Waals surface area contributed by atoms with E-state index in [1.165, 1.54) is 6.92 Å². The average Bonchev–Trinajstić information content (AvgIpc) is 2.76. The minimum atomic E-state index is -3.08. The number of piperazine rings is 1. The molecule has 2 aliphatic rings. The number of hydrogen-bond donors (Lipinski definition) is 0. The molecule has 5 nitrogen and oxygen atoms in total. The minimum Gasteiger partial charge on any atom is -0.336 e. The Kier molecular flexibility index (Phi) is 4.18. The van der Waals surface area contributed by atoms with Gasteiger partial charge in [-0.15, -0.1) is 0 Å². The molecule has 2 heterocycles. The van der Waals surface area contributed by atoms with Crippen LogP contribution in [0.2, 0.25) is 5.02 Å². The highest BCUT2D eigenvalue weighted by molar-refractivity contribution is 7.91. The zero-order valence-electron chi connectivity index (χ0n) is 12.4. The van der Waals surface area contributed by atoms with Crippen molar-refractivity contribution in [2.75, 3.05) is 24.6 Å². The molecule has 0 radical (unpaired) electrons. The lowest BCUT2D eigenvalue weighted by Crippen LogP contribution is -2.59. The van der Waals surface area contributed by atoms with E-state index in [9.17, 15) is 13.2 Å². The lowest BCUT2D eigenvalue weighted by Gasteiger charge is -2.43. The lowest BCUT2D eigenvalue weighted by atomic mass is 10.0. The number of fused-ring (bicyclic) bond motifs is 1. The molecule has 120 valence electrons. The van der Waals surface area contributed by atoms with Gasteiger partial charge in [0.05, 0.1) is 17.5 Å². The molecular formula is C15H19ClN2O3S. The van der Waals surface area contributed by atoms with Crippen LogP contribution in [-0.4, -0.2) is 60.8 Å². The third kappa shape index (κ3) is 3.14. The topological polar surface area (TPSA) is 57.7 Å². The van der Waals surface area contributed by atoms with Crippen molar-refractivity contribution in [3.05, 3.63) is 34.9 Å². The lowest BCUT2D eigenvalue weighted by molar-refractivity contribution is -0.134. The second-order valence-electron chi connectivity index (χ2n) is 6.02. The van der Waals surface area contributed by atoms with E-state index < -0.39 is 9.84 Å². The molecule has 0 aliphatic carbocycles. The van der Waals surface area contributed by atoms with Gasteiger partial charge in [-0.25, -0.2) is 8.42 Å². The first-order valence-electron chi connectivity index (χ1n) is 7.32. The first-order valence-corrected chi connectivity index (χ1v) is 9.52. The molecule has 0 N–H and O–H groups in total. The normalized spacial score (nSPS) is 27.6. The Morgan fingerprint density at radius 1 is 1.18 bits per heavy atom. The second kappa shape index (κ2) is 5.83. The van der Waals surface area contributed by atoms with Gasteiger partial charge in [0.2, 0.25) is 5.91 Å². The molecular weight excluding hydrogens is 324 g/mol. The zero-order valence-corrected chi connectivity index (χ0v) is 14.0. The molecule has 1 amide bonds. The summed E-state index contributed by atoms with van der Waals surface area (Å²) in [5.41, 5.74) is 1.10. The smallest absolute Gasteiger partial charge is 0.219 e. The molecule has 0 aromatic heterocycles. The van der Waals surface area contributed by atoms with Crippen LogP contribution in [0.15, 0.2) is 24.3 Å². The third-order valence-corrected chi connectivity index (χ3v) is 6.45. The number of benzene rings is 1. The standard InChI is InChI=1S/C15H19ClN2O3S/c1-11(19)18-7-6-17(8-12-2-4-13(16)5-3-12)14-9-22(20,21)10-15(14)18/h2-5,14-15H,6-10H2,1H3/t14-,15+/m1/s1. The summed E-state index contributed by atoms with van der Waals surface area (Å²) >= 11 is 5.90.